The zero-order valence-corrected chi connectivity index (χ0v) is 19.3. The Morgan fingerprint density at radius 3 is 2.67 bits per heavy atom. The van der Waals surface area contributed by atoms with Crippen LogP contribution >= 0.6 is 0 Å². The number of nitrogens with zero attached hydrogens (tertiary/aromatic N) is 1. The van der Waals surface area contributed by atoms with E-state index in [1.165, 1.54) is 12.1 Å². The van der Waals surface area contributed by atoms with E-state index in [0.29, 0.717) is 37.9 Å². The molecule has 1 aliphatic carbocycles. The first-order chi connectivity index (χ1) is 15.3. The van der Waals surface area contributed by atoms with Gasteiger partial charge < -0.3 is 19.7 Å². The maximum atomic E-state index is 13.7. The minimum Gasteiger partial charge on any atom is -0.460 e. The molecular weight excluding hydrogens is 437 g/mol. The number of rotatable bonds is 4. The van der Waals surface area contributed by atoms with Crippen LogP contribution in [0.4, 0.5) is 13.2 Å². The molecule has 0 aromatic heterocycles. The topological polar surface area (TPSA) is 67.9 Å². The summed E-state index contributed by atoms with van der Waals surface area (Å²) < 4.78 is 47.4. The number of ether oxygens (including phenoxy) is 2. The van der Waals surface area contributed by atoms with Gasteiger partial charge in [-0.05, 0) is 81.7 Å². The number of hydrogen-bond acceptors (Lipinski definition) is 5. The average molecular weight is 469 g/mol. The largest absolute Gasteiger partial charge is 0.573 e. The number of nitrogens with one attached hydrogen (secondary N) is 1. The molecule has 1 aromatic carbocycles. The number of fused-ring (bicyclic) bond motifs is 2. The monoisotopic (exact) mass is 468 g/mol. The molecule has 182 valence electrons. The molecule has 1 saturated heterocycles. The zero-order chi connectivity index (χ0) is 24.0. The highest BCUT2D eigenvalue weighted by Gasteiger charge is 2.56. The summed E-state index contributed by atoms with van der Waals surface area (Å²) in [7, 11) is 0. The van der Waals surface area contributed by atoms with Crippen molar-refractivity contribution in [1.82, 2.24) is 10.2 Å². The van der Waals surface area contributed by atoms with Gasteiger partial charge in [-0.3, -0.25) is 9.59 Å². The fourth-order valence-corrected chi connectivity index (χ4v) is 5.69. The van der Waals surface area contributed by atoms with E-state index in [-0.39, 0.29) is 36.0 Å². The van der Waals surface area contributed by atoms with E-state index < -0.39 is 17.4 Å². The maximum absolute atomic E-state index is 13.7. The van der Waals surface area contributed by atoms with Crippen molar-refractivity contribution in [1.29, 1.82) is 0 Å². The van der Waals surface area contributed by atoms with Gasteiger partial charge in [-0.2, -0.15) is 0 Å². The third-order valence-corrected chi connectivity index (χ3v) is 6.90. The van der Waals surface area contributed by atoms with Crippen molar-refractivity contribution in [3.8, 4) is 5.75 Å². The normalized spacial score (nSPS) is 27.2. The van der Waals surface area contributed by atoms with Crippen LogP contribution in [-0.2, 0) is 27.3 Å². The molecule has 2 aliphatic heterocycles. The molecule has 0 unspecified atom stereocenters. The van der Waals surface area contributed by atoms with Crippen LogP contribution in [0.3, 0.4) is 0 Å². The van der Waals surface area contributed by atoms with Crippen molar-refractivity contribution in [3.05, 3.63) is 29.3 Å². The van der Waals surface area contributed by atoms with Gasteiger partial charge in [-0.25, -0.2) is 0 Å². The Hall–Kier alpha value is -2.29. The lowest BCUT2D eigenvalue weighted by atomic mass is 9.78. The molecule has 2 heterocycles. The highest BCUT2D eigenvalue weighted by molar-refractivity contribution is 5.85. The molecule has 3 atom stereocenters. The molecule has 1 N–H and O–H groups in total. The molecule has 33 heavy (non-hydrogen) atoms. The van der Waals surface area contributed by atoms with E-state index in [4.69, 9.17) is 4.74 Å². The lowest BCUT2D eigenvalue weighted by Gasteiger charge is -2.37. The Kier molecular flexibility index (Phi) is 6.14. The maximum Gasteiger partial charge on any atom is 0.573 e. The molecule has 1 amide bonds. The van der Waals surface area contributed by atoms with Crippen LogP contribution < -0.4 is 10.1 Å². The van der Waals surface area contributed by atoms with Crippen molar-refractivity contribution in [2.45, 2.75) is 65.0 Å². The molecule has 6 nitrogen and oxygen atoms in total. The van der Waals surface area contributed by atoms with Crippen molar-refractivity contribution in [2.75, 3.05) is 19.6 Å². The van der Waals surface area contributed by atoms with Gasteiger partial charge in [0.25, 0.3) is 0 Å². The standard InChI is InChI=1S/C24H31F3N2O4/c1-22(2,3)33-20(30)9-15-8-18-12-28-14-23(18,11-15)21(31)29-7-6-16-4-5-19(10-17(16)13-29)32-24(25,26)27/h4-5,10,15,18,28H,6-9,11-14H2,1-3H3/t15-,18-,23-/m0/s1. The van der Waals surface area contributed by atoms with Crippen LogP contribution in [-0.4, -0.2) is 48.4 Å². The fourth-order valence-electron chi connectivity index (χ4n) is 5.69. The SMILES string of the molecule is CC(C)(C)OC(=O)C[C@@H]1C[C@H]2CNC[C@@]2(C(=O)N2CCc3ccc(OC(F)(F)F)cc3C2)C1. The minimum absolute atomic E-state index is 0.0250. The van der Waals surface area contributed by atoms with Gasteiger partial charge in [0.1, 0.15) is 11.4 Å². The number of esters is 1. The van der Waals surface area contributed by atoms with Gasteiger partial charge in [0.15, 0.2) is 0 Å². The molecule has 0 radical (unpaired) electrons. The van der Waals surface area contributed by atoms with Gasteiger partial charge in [0, 0.05) is 26.1 Å². The van der Waals surface area contributed by atoms with Crippen molar-refractivity contribution >= 4 is 11.9 Å². The number of benzene rings is 1. The fraction of sp³-hybridized carbons (Fsp3) is 0.667. The Labute approximate surface area is 191 Å². The first-order valence-corrected chi connectivity index (χ1v) is 11.4. The van der Waals surface area contributed by atoms with E-state index in [1.54, 1.807) is 11.0 Å². The summed E-state index contributed by atoms with van der Waals surface area (Å²) in [5, 5.41) is 3.34. The van der Waals surface area contributed by atoms with E-state index >= 15 is 0 Å². The molecule has 0 spiro atoms. The van der Waals surface area contributed by atoms with Gasteiger partial charge in [-0.15, -0.1) is 13.2 Å². The molecule has 9 heteroatoms. The molecule has 0 bridgehead atoms. The van der Waals surface area contributed by atoms with E-state index in [2.05, 4.69) is 10.1 Å². The number of alkyl halides is 3. The first-order valence-electron chi connectivity index (χ1n) is 11.4. The number of halogens is 3. The van der Waals surface area contributed by atoms with Crippen LogP contribution in [0.15, 0.2) is 18.2 Å². The van der Waals surface area contributed by atoms with Gasteiger partial charge in [0.05, 0.1) is 5.41 Å². The molecular formula is C24H31F3N2O4. The number of carbonyl (C=O) groups is 2. The highest BCUT2D eigenvalue weighted by atomic mass is 19.4. The summed E-state index contributed by atoms with van der Waals surface area (Å²) in [6.07, 6.45) is -2.48. The second-order valence-corrected chi connectivity index (χ2v) is 10.5. The highest BCUT2D eigenvalue weighted by Crippen LogP contribution is 2.51. The van der Waals surface area contributed by atoms with Crippen molar-refractivity contribution < 1.29 is 32.2 Å². The summed E-state index contributed by atoms with van der Waals surface area (Å²) in [4.78, 5) is 27.9. The quantitative estimate of drug-likeness (QED) is 0.681. The zero-order valence-electron chi connectivity index (χ0n) is 19.3. The summed E-state index contributed by atoms with van der Waals surface area (Å²) in [5.74, 6) is -0.269. The smallest absolute Gasteiger partial charge is 0.460 e. The van der Waals surface area contributed by atoms with E-state index in [1.807, 2.05) is 20.8 Å². The Bertz CT molecular complexity index is 927. The van der Waals surface area contributed by atoms with Crippen LogP contribution in [0.1, 0.15) is 51.2 Å². The van der Waals surface area contributed by atoms with Gasteiger partial charge in [0.2, 0.25) is 5.91 Å². The predicted octanol–water partition coefficient (Wildman–Crippen LogP) is 3.82. The third kappa shape index (κ3) is 5.28. The van der Waals surface area contributed by atoms with Crippen molar-refractivity contribution in [2.24, 2.45) is 17.3 Å². The van der Waals surface area contributed by atoms with Crippen LogP contribution in [0, 0.1) is 17.3 Å². The number of hydrogen-bond donors (Lipinski definition) is 1. The number of carbonyl (C=O) groups excluding carboxylic acids is 2. The molecule has 3 aliphatic rings. The average Bonchev–Trinajstić information content (AvgIpc) is 3.21. The first kappa shape index (κ1) is 23.9. The summed E-state index contributed by atoms with van der Waals surface area (Å²) in [5.41, 5.74) is 0.487. The molecule has 4 rings (SSSR count). The van der Waals surface area contributed by atoms with Gasteiger partial charge >= 0.3 is 12.3 Å². The Balaban J connectivity index is 1.46. The van der Waals surface area contributed by atoms with E-state index in [0.717, 1.165) is 18.5 Å². The second kappa shape index (κ2) is 8.49. The summed E-state index contributed by atoms with van der Waals surface area (Å²) in [6.45, 7) is 7.57. The Morgan fingerprint density at radius 2 is 1.97 bits per heavy atom. The minimum atomic E-state index is -4.76. The second-order valence-electron chi connectivity index (χ2n) is 10.5. The molecule has 1 saturated carbocycles. The molecule has 2 fully saturated rings. The van der Waals surface area contributed by atoms with Crippen LogP contribution in [0.25, 0.3) is 0 Å². The third-order valence-electron chi connectivity index (χ3n) is 6.90. The number of amides is 1. The summed E-state index contributed by atoms with van der Waals surface area (Å²) >= 11 is 0. The van der Waals surface area contributed by atoms with Crippen LogP contribution in [0.5, 0.6) is 5.75 Å². The molecule has 1 aromatic rings. The predicted molar refractivity (Wildman–Crippen MR) is 114 cm³/mol. The lowest BCUT2D eigenvalue weighted by molar-refractivity contribution is -0.274. The van der Waals surface area contributed by atoms with E-state index in [9.17, 15) is 22.8 Å². The lowest BCUT2D eigenvalue weighted by Crippen LogP contribution is -2.48. The van der Waals surface area contributed by atoms with Crippen molar-refractivity contribution in [3.63, 3.8) is 0 Å². The Morgan fingerprint density at radius 1 is 1.21 bits per heavy atom. The summed E-state index contributed by atoms with van der Waals surface area (Å²) in [6, 6.07) is 4.34. The van der Waals surface area contributed by atoms with Gasteiger partial charge in [-0.1, -0.05) is 6.07 Å². The van der Waals surface area contributed by atoms with Crippen LogP contribution in [0.2, 0.25) is 0 Å².